The Labute approximate surface area is 118 Å². The number of sulfone groups is 1. The summed E-state index contributed by atoms with van der Waals surface area (Å²) in [5.41, 5.74) is 2.17. The molecular weight excluding hydrogens is 256 g/mol. The van der Waals surface area contributed by atoms with Crippen molar-refractivity contribution in [2.24, 2.45) is 0 Å². The molecule has 0 saturated heterocycles. The molecule has 0 heterocycles. The molecule has 3 heteroatoms. The fraction of sp³-hybridized carbons (Fsp3) is 0.625. The molecule has 0 aliphatic carbocycles. The summed E-state index contributed by atoms with van der Waals surface area (Å²) >= 11 is 0. The average molecular weight is 282 g/mol. The lowest BCUT2D eigenvalue weighted by Crippen LogP contribution is -2.19. The third kappa shape index (κ3) is 3.38. The van der Waals surface area contributed by atoms with Gasteiger partial charge in [0.05, 0.1) is 10.1 Å². The van der Waals surface area contributed by atoms with Crippen LogP contribution >= 0.6 is 0 Å². The molecule has 2 nitrogen and oxygen atoms in total. The van der Waals surface area contributed by atoms with E-state index in [1.54, 1.807) is 13.0 Å². The lowest BCUT2D eigenvalue weighted by atomic mass is 9.86. The van der Waals surface area contributed by atoms with Crippen LogP contribution in [0.15, 0.2) is 23.1 Å². The Balaban J connectivity index is 3.40. The van der Waals surface area contributed by atoms with Gasteiger partial charge in [-0.3, -0.25) is 0 Å². The molecule has 1 atom stereocenters. The summed E-state index contributed by atoms with van der Waals surface area (Å²) in [4.78, 5) is 0.511. The average Bonchev–Trinajstić information content (AvgIpc) is 2.35. The van der Waals surface area contributed by atoms with Gasteiger partial charge < -0.3 is 0 Å². The molecule has 1 aromatic rings. The summed E-state index contributed by atoms with van der Waals surface area (Å²) in [6.45, 7) is 12.1. The summed E-state index contributed by atoms with van der Waals surface area (Å²) in [6.07, 6.45) is 1.39. The van der Waals surface area contributed by atoms with Crippen LogP contribution in [0.5, 0.6) is 0 Å². The maximum Gasteiger partial charge on any atom is 0.181 e. The second kappa shape index (κ2) is 5.66. The lowest BCUT2D eigenvalue weighted by Gasteiger charge is -2.22. The third-order valence-electron chi connectivity index (χ3n) is 3.72. The zero-order valence-electron chi connectivity index (χ0n) is 12.9. The highest BCUT2D eigenvalue weighted by molar-refractivity contribution is 7.92. The van der Waals surface area contributed by atoms with E-state index in [0.717, 1.165) is 12.0 Å². The van der Waals surface area contributed by atoms with Gasteiger partial charge in [-0.15, -0.1) is 0 Å². The fourth-order valence-electron chi connectivity index (χ4n) is 2.04. The molecule has 1 rings (SSSR count). The Kier molecular flexibility index (Phi) is 4.83. The smallest absolute Gasteiger partial charge is 0.181 e. The first kappa shape index (κ1) is 16.2. The maximum absolute atomic E-state index is 12.5. The van der Waals surface area contributed by atoms with Crippen molar-refractivity contribution in [2.75, 3.05) is 0 Å². The Hall–Kier alpha value is -0.830. The highest BCUT2D eigenvalue weighted by Crippen LogP contribution is 2.29. The van der Waals surface area contributed by atoms with Gasteiger partial charge in [-0.1, -0.05) is 46.8 Å². The molecule has 0 bridgehead atoms. The molecule has 0 saturated carbocycles. The van der Waals surface area contributed by atoms with Crippen LogP contribution in [-0.4, -0.2) is 13.7 Å². The van der Waals surface area contributed by atoms with E-state index in [1.165, 1.54) is 5.56 Å². The summed E-state index contributed by atoms with van der Waals surface area (Å²) in [7, 11) is -3.19. The highest BCUT2D eigenvalue weighted by Gasteiger charge is 2.25. The van der Waals surface area contributed by atoms with Crippen molar-refractivity contribution in [1.82, 2.24) is 0 Å². The third-order valence-corrected chi connectivity index (χ3v) is 6.12. The van der Waals surface area contributed by atoms with Gasteiger partial charge in [0.2, 0.25) is 0 Å². The van der Waals surface area contributed by atoms with E-state index in [0.29, 0.717) is 11.3 Å². The van der Waals surface area contributed by atoms with Gasteiger partial charge in [-0.2, -0.15) is 0 Å². The Morgan fingerprint density at radius 3 is 2.16 bits per heavy atom. The molecule has 19 heavy (non-hydrogen) atoms. The first-order chi connectivity index (χ1) is 8.64. The van der Waals surface area contributed by atoms with E-state index < -0.39 is 9.84 Å². The van der Waals surface area contributed by atoms with Crippen LogP contribution in [0.25, 0.3) is 0 Å². The van der Waals surface area contributed by atoms with Gasteiger partial charge >= 0.3 is 0 Å². The minimum absolute atomic E-state index is 0.0442. The molecule has 1 unspecified atom stereocenters. The van der Waals surface area contributed by atoms with Crippen molar-refractivity contribution in [3.8, 4) is 0 Å². The largest absolute Gasteiger partial charge is 0.223 e. The second-order valence-electron chi connectivity index (χ2n) is 6.19. The lowest BCUT2D eigenvalue weighted by molar-refractivity contribution is 0.576. The number of hydrogen-bond acceptors (Lipinski definition) is 2. The molecule has 0 N–H and O–H groups in total. The van der Waals surface area contributed by atoms with Crippen molar-refractivity contribution < 1.29 is 8.42 Å². The maximum atomic E-state index is 12.5. The van der Waals surface area contributed by atoms with Gasteiger partial charge in [0.25, 0.3) is 0 Å². The molecular formula is C16H26O2S. The quantitative estimate of drug-likeness (QED) is 0.832. The molecule has 108 valence electrons. The van der Waals surface area contributed by atoms with Crippen molar-refractivity contribution in [2.45, 2.75) is 69.9 Å². The van der Waals surface area contributed by atoms with Crippen molar-refractivity contribution >= 4 is 9.84 Å². The number of rotatable bonds is 4. The summed E-state index contributed by atoms with van der Waals surface area (Å²) in [6, 6.07) is 5.80. The Bertz CT molecular complexity index is 536. The molecule has 0 aliphatic rings. The van der Waals surface area contributed by atoms with Crippen molar-refractivity contribution in [1.29, 1.82) is 0 Å². The summed E-state index contributed by atoms with van der Waals surface area (Å²) in [5, 5.41) is -0.321. The molecule has 0 aromatic heterocycles. The minimum Gasteiger partial charge on any atom is -0.223 e. The Morgan fingerprint density at radius 2 is 1.74 bits per heavy atom. The minimum atomic E-state index is -3.19. The van der Waals surface area contributed by atoms with Crippen LogP contribution in [0.1, 0.15) is 59.1 Å². The normalized spacial score (nSPS) is 14.4. The van der Waals surface area contributed by atoms with E-state index in [9.17, 15) is 8.42 Å². The van der Waals surface area contributed by atoms with Gasteiger partial charge in [-0.05, 0) is 42.4 Å². The van der Waals surface area contributed by atoms with Crippen LogP contribution in [0, 0.1) is 0 Å². The number of benzene rings is 1. The number of hydrogen-bond donors (Lipinski definition) is 0. The van der Waals surface area contributed by atoms with Gasteiger partial charge in [0, 0.05) is 0 Å². The topological polar surface area (TPSA) is 34.1 Å². The van der Waals surface area contributed by atoms with E-state index in [-0.39, 0.29) is 10.7 Å². The monoisotopic (exact) mass is 282 g/mol. The zero-order chi connectivity index (χ0) is 14.8. The first-order valence-corrected chi connectivity index (χ1v) is 8.56. The second-order valence-corrected chi connectivity index (χ2v) is 8.52. The van der Waals surface area contributed by atoms with Crippen molar-refractivity contribution in [3.63, 3.8) is 0 Å². The fourth-order valence-corrected chi connectivity index (χ4v) is 3.73. The molecule has 0 fully saturated rings. The van der Waals surface area contributed by atoms with Gasteiger partial charge in [-0.25, -0.2) is 8.42 Å². The summed E-state index contributed by atoms with van der Waals surface area (Å²) < 4.78 is 25.0. The predicted molar refractivity (Wildman–Crippen MR) is 81.5 cm³/mol. The zero-order valence-corrected chi connectivity index (χ0v) is 13.8. The van der Waals surface area contributed by atoms with E-state index in [4.69, 9.17) is 0 Å². The van der Waals surface area contributed by atoms with E-state index >= 15 is 0 Å². The van der Waals surface area contributed by atoms with Crippen LogP contribution in [-0.2, 0) is 21.7 Å². The predicted octanol–water partition coefficient (Wildman–Crippen LogP) is 4.12. The SMILES string of the molecule is CCc1cc(C(C)(C)C)ccc1S(=O)(=O)C(C)CC. The van der Waals surface area contributed by atoms with Crippen LogP contribution in [0.4, 0.5) is 0 Å². The van der Waals surface area contributed by atoms with Gasteiger partial charge in [0.15, 0.2) is 9.84 Å². The highest BCUT2D eigenvalue weighted by atomic mass is 32.2. The standard InChI is InChI=1S/C16H26O2S/c1-7-12(3)19(17,18)15-10-9-14(16(4,5)6)11-13(15)8-2/h9-12H,7-8H2,1-6H3. The van der Waals surface area contributed by atoms with E-state index in [1.807, 2.05) is 19.9 Å². The first-order valence-electron chi connectivity index (χ1n) is 7.01. The molecule has 0 amide bonds. The van der Waals surface area contributed by atoms with Crippen LogP contribution < -0.4 is 0 Å². The molecule has 1 aromatic carbocycles. The molecule has 0 radical (unpaired) electrons. The van der Waals surface area contributed by atoms with Gasteiger partial charge in [0.1, 0.15) is 0 Å². The van der Waals surface area contributed by atoms with E-state index in [2.05, 4.69) is 26.8 Å². The number of aryl methyl sites for hydroxylation is 1. The molecule has 0 spiro atoms. The van der Waals surface area contributed by atoms with Crippen LogP contribution in [0.2, 0.25) is 0 Å². The van der Waals surface area contributed by atoms with Crippen LogP contribution in [0.3, 0.4) is 0 Å². The molecule has 0 aliphatic heterocycles. The summed E-state index contributed by atoms with van der Waals surface area (Å²) in [5.74, 6) is 0. The van der Waals surface area contributed by atoms with Crippen molar-refractivity contribution in [3.05, 3.63) is 29.3 Å². The Morgan fingerprint density at radius 1 is 1.16 bits per heavy atom.